The third-order valence-electron chi connectivity index (χ3n) is 2.37. The molecule has 100 valence electrons. The van der Waals surface area contributed by atoms with E-state index in [9.17, 15) is 4.79 Å². The molecule has 2 rings (SSSR count). The van der Waals surface area contributed by atoms with E-state index in [1.807, 2.05) is 12.1 Å². The molecule has 0 unspecified atom stereocenters. The minimum absolute atomic E-state index is 0.0294. The number of nitrogens with zero attached hydrogens (tertiary/aromatic N) is 1. The number of nitrogens with two attached hydrogens (primary N) is 1. The molecule has 0 fully saturated rings. The summed E-state index contributed by atoms with van der Waals surface area (Å²) in [5, 5.41) is 2.94. The molecule has 0 aliphatic heterocycles. The maximum atomic E-state index is 11.2. The van der Waals surface area contributed by atoms with Crippen molar-refractivity contribution >= 4 is 23.1 Å². The Morgan fingerprint density at radius 2 is 2.21 bits per heavy atom. The SMILES string of the molecule is Nc1ccccc1OCCNc1nc[nH]c(=O)c1Cl. The highest BCUT2D eigenvalue weighted by Crippen LogP contribution is 2.19. The van der Waals surface area contributed by atoms with Crippen LogP contribution in [0.15, 0.2) is 35.4 Å². The predicted octanol–water partition coefficient (Wildman–Crippen LogP) is 1.50. The van der Waals surface area contributed by atoms with E-state index in [0.717, 1.165) is 0 Å². The van der Waals surface area contributed by atoms with E-state index in [2.05, 4.69) is 15.3 Å². The van der Waals surface area contributed by atoms with Gasteiger partial charge in [0.15, 0.2) is 5.82 Å². The van der Waals surface area contributed by atoms with Gasteiger partial charge in [-0.2, -0.15) is 0 Å². The van der Waals surface area contributed by atoms with Crippen LogP contribution in [0.2, 0.25) is 5.02 Å². The summed E-state index contributed by atoms with van der Waals surface area (Å²) in [6.45, 7) is 0.823. The minimum atomic E-state index is -0.382. The van der Waals surface area contributed by atoms with Gasteiger partial charge in [-0.15, -0.1) is 0 Å². The topological polar surface area (TPSA) is 93.0 Å². The summed E-state index contributed by atoms with van der Waals surface area (Å²) in [4.78, 5) is 17.5. The summed E-state index contributed by atoms with van der Waals surface area (Å²) in [6, 6.07) is 7.22. The van der Waals surface area contributed by atoms with Crippen molar-refractivity contribution in [2.24, 2.45) is 0 Å². The van der Waals surface area contributed by atoms with Crippen LogP contribution in [0.1, 0.15) is 0 Å². The van der Waals surface area contributed by atoms with Crippen molar-refractivity contribution in [1.82, 2.24) is 9.97 Å². The van der Waals surface area contributed by atoms with Gasteiger partial charge in [0.2, 0.25) is 0 Å². The van der Waals surface area contributed by atoms with Crippen LogP contribution < -0.4 is 21.3 Å². The highest BCUT2D eigenvalue weighted by atomic mass is 35.5. The summed E-state index contributed by atoms with van der Waals surface area (Å²) in [5.41, 5.74) is 5.93. The van der Waals surface area contributed by atoms with Crippen LogP contribution in [-0.2, 0) is 0 Å². The molecule has 0 saturated carbocycles. The van der Waals surface area contributed by atoms with E-state index in [1.54, 1.807) is 12.1 Å². The van der Waals surface area contributed by atoms with E-state index < -0.39 is 0 Å². The monoisotopic (exact) mass is 280 g/mol. The third kappa shape index (κ3) is 3.38. The number of halogens is 1. The van der Waals surface area contributed by atoms with Gasteiger partial charge in [-0.3, -0.25) is 4.79 Å². The summed E-state index contributed by atoms with van der Waals surface area (Å²) in [7, 11) is 0. The Kier molecular flexibility index (Phi) is 4.25. The first-order valence-electron chi connectivity index (χ1n) is 5.63. The Bertz CT molecular complexity index is 615. The third-order valence-corrected chi connectivity index (χ3v) is 2.72. The fourth-order valence-corrected chi connectivity index (χ4v) is 1.62. The van der Waals surface area contributed by atoms with Crippen molar-refractivity contribution in [3.63, 3.8) is 0 Å². The first kappa shape index (κ1) is 13.2. The van der Waals surface area contributed by atoms with E-state index in [0.29, 0.717) is 30.4 Å². The lowest BCUT2D eigenvalue weighted by atomic mass is 10.3. The first-order valence-corrected chi connectivity index (χ1v) is 6.00. The van der Waals surface area contributed by atoms with E-state index in [-0.39, 0.29) is 10.6 Å². The number of hydrogen-bond donors (Lipinski definition) is 3. The number of para-hydroxylation sites is 2. The number of aromatic nitrogens is 2. The summed E-state index contributed by atoms with van der Waals surface area (Å²) in [5.74, 6) is 0.948. The highest BCUT2D eigenvalue weighted by Gasteiger charge is 2.04. The van der Waals surface area contributed by atoms with Crippen LogP contribution in [-0.4, -0.2) is 23.1 Å². The Balaban J connectivity index is 1.86. The first-order chi connectivity index (χ1) is 9.18. The molecule has 0 bridgehead atoms. The molecule has 1 aromatic carbocycles. The van der Waals surface area contributed by atoms with E-state index in [1.165, 1.54) is 6.33 Å². The van der Waals surface area contributed by atoms with Gasteiger partial charge in [-0.1, -0.05) is 23.7 Å². The van der Waals surface area contributed by atoms with Gasteiger partial charge in [-0.25, -0.2) is 4.98 Å². The molecule has 0 saturated heterocycles. The number of H-pyrrole nitrogens is 1. The molecular weight excluding hydrogens is 268 g/mol. The number of anilines is 2. The molecular formula is C12H13ClN4O2. The zero-order valence-corrected chi connectivity index (χ0v) is 10.8. The standard InChI is InChI=1S/C12H13ClN4O2/c13-10-11(16-7-17-12(10)18)15-5-6-19-9-4-2-1-3-8(9)14/h1-4,7H,5-6,14H2,(H2,15,16,17,18). The predicted molar refractivity (Wildman–Crippen MR) is 74.7 cm³/mol. The van der Waals surface area contributed by atoms with Crippen molar-refractivity contribution in [2.75, 3.05) is 24.2 Å². The lowest BCUT2D eigenvalue weighted by Gasteiger charge is -2.10. The Morgan fingerprint density at radius 3 is 3.00 bits per heavy atom. The second-order valence-corrected chi connectivity index (χ2v) is 4.09. The number of aromatic amines is 1. The number of hydrogen-bond acceptors (Lipinski definition) is 5. The van der Waals surface area contributed by atoms with Crippen molar-refractivity contribution in [2.45, 2.75) is 0 Å². The minimum Gasteiger partial charge on any atom is -0.490 e. The van der Waals surface area contributed by atoms with E-state index >= 15 is 0 Å². The van der Waals surface area contributed by atoms with Crippen LogP contribution in [0.4, 0.5) is 11.5 Å². The maximum Gasteiger partial charge on any atom is 0.271 e. The van der Waals surface area contributed by atoms with Gasteiger partial charge < -0.3 is 20.8 Å². The fraction of sp³-hybridized carbons (Fsp3) is 0.167. The molecule has 2 aromatic rings. The Hall–Kier alpha value is -2.21. The number of nitrogen functional groups attached to an aromatic ring is 1. The van der Waals surface area contributed by atoms with Crippen molar-refractivity contribution in [3.8, 4) is 5.75 Å². The zero-order valence-electron chi connectivity index (χ0n) is 10.0. The van der Waals surface area contributed by atoms with Crippen molar-refractivity contribution in [1.29, 1.82) is 0 Å². The number of benzene rings is 1. The number of rotatable bonds is 5. The molecule has 0 amide bonds. The van der Waals surface area contributed by atoms with Gasteiger partial charge in [0.25, 0.3) is 5.56 Å². The van der Waals surface area contributed by atoms with Gasteiger partial charge in [0, 0.05) is 0 Å². The number of ether oxygens (including phenoxy) is 1. The van der Waals surface area contributed by atoms with Gasteiger partial charge in [0.05, 0.1) is 18.6 Å². The van der Waals surface area contributed by atoms with Crippen LogP contribution in [0.25, 0.3) is 0 Å². The zero-order chi connectivity index (χ0) is 13.7. The van der Waals surface area contributed by atoms with Crippen LogP contribution in [0, 0.1) is 0 Å². The van der Waals surface area contributed by atoms with Crippen LogP contribution in [0.3, 0.4) is 0 Å². The van der Waals surface area contributed by atoms with Gasteiger partial charge >= 0.3 is 0 Å². The molecule has 0 aliphatic carbocycles. The van der Waals surface area contributed by atoms with E-state index in [4.69, 9.17) is 22.1 Å². The average Bonchev–Trinajstić information content (AvgIpc) is 2.41. The normalized spacial score (nSPS) is 10.2. The van der Waals surface area contributed by atoms with Gasteiger partial charge in [-0.05, 0) is 12.1 Å². The highest BCUT2D eigenvalue weighted by molar-refractivity contribution is 6.32. The van der Waals surface area contributed by atoms with Crippen molar-refractivity contribution in [3.05, 3.63) is 46.0 Å². The average molecular weight is 281 g/mol. The van der Waals surface area contributed by atoms with Gasteiger partial charge in [0.1, 0.15) is 17.4 Å². The number of nitrogens with one attached hydrogen (secondary N) is 2. The molecule has 6 nitrogen and oxygen atoms in total. The molecule has 1 heterocycles. The smallest absolute Gasteiger partial charge is 0.271 e. The molecule has 0 radical (unpaired) electrons. The fourth-order valence-electron chi connectivity index (χ4n) is 1.45. The molecule has 7 heteroatoms. The van der Waals surface area contributed by atoms with Crippen LogP contribution in [0.5, 0.6) is 5.75 Å². The molecule has 4 N–H and O–H groups in total. The summed E-state index contributed by atoms with van der Waals surface area (Å²) in [6.07, 6.45) is 1.28. The largest absolute Gasteiger partial charge is 0.490 e. The quantitative estimate of drug-likeness (QED) is 0.570. The molecule has 19 heavy (non-hydrogen) atoms. The Morgan fingerprint density at radius 1 is 1.42 bits per heavy atom. The lowest BCUT2D eigenvalue weighted by molar-refractivity contribution is 0.334. The maximum absolute atomic E-state index is 11.2. The van der Waals surface area contributed by atoms with Crippen LogP contribution >= 0.6 is 11.6 Å². The molecule has 0 atom stereocenters. The van der Waals surface area contributed by atoms with Crippen molar-refractivity contribution < 1.29 is 4.74 Å². The summed E-state index contributed by atoms with van der Waals surface area (Å²) >= 11 is 5.78. The second-order valence-electron chi connectivity index (χ2n) is 3.71. The lowest BCUT2D eigenvalue weighted by Crippen LogP contribution is -2.16. The molecule has 0 aliphatic rings. The molecule has 0 spiro atoms. The summed E-state index contributed by atoms with van der Waals surface area (Å²) < 4.78 is 5.48. The Labute approximate surface area is 114 Å². The second kappa shape index (κ2) is 6.10. The molecule has 1 aromatic heterocycles.